The molecular formula is C4H3Cl2F3O2. The fraction of sp³-hybridized carbons (Fsp3) is 0.750. The van der Waals surface area contributed by atoms with Crippen LogP contribution in [0.15, 0.2) is 0 Å². The van der Waals surface area contributed by atoms with E-state index in [-0.39, 0.29) is 0 Å². The van der Waals surface area contributed by atoms with E-state index < -0.39 is 16.5 Å². The molecule has 0 amide bonds. The molecule has 0 fully saturated rings. The highest BCUT2D eigenvalue weighted by molar-refractivity contribution is 6.49. The smallest absolute Gasteiger partial charge is 0.403 e. The highest BCUT2D eigenvalue weighted by atomic mass is 35.5. The lowest BCUT2D eigenvalue weighted by Gasteiger charge is -2.18. The number of esters is 1. The third-order valence-electron chi connectivity index (χ3n) is 0.798. The summed E-state index contributed by atoms with van der Waals surface area (Å²) in [5.41, 5.74) is 0. The SMILES string of the molecule is COC(=O)C(F)(F)C(F)(Cl)Cl. The third kappa shape index (κ3) is 2.13. The molecule has 0 bridgehead atoms. The number of methoxy groups -OCH3 is 1. The average Bonchev–Trinajstić information content (AvgIpc) is 1.83. The summed E-state index contributed by atoms with van der Waals surface area (Å²) in [6.45, 7) is 0. The van der Waals surface area contributed by atoms with Crippen molar-refractivity contribution in [1.82, 2.24) is 0 Å². The maximum atomic E-state index is 12.2. The van der Waals surface area contributed by atoms with Crippen molar-refractivity contribution in [3.05, 3.63) is 0 Å². The van der Waals surface area contributed by atoms with Crippen molar-refractivity contribution in [1.29, 1.82) is 0 Å². The molecule has 0 aliphatic carbocycles. The second-order valence-corrected chi connectivity index (χ2v) is 2.80. The minimum atomic E-state index is -4.55. The molecular weight excluding hydrogens is 208 g/mol. The molecule has 0 unspecified atom stereocenters. The summed E-state index contributed by atoms with van der Waals surface area (Å²) >= 11 is 8.69. The van der Waals surface area contributed by atoms with E-state index in [0.29, 0.717) is 7.11 Å². The van der Waals surface area contributed by atoms with Crippen molar-refractivity contribution in [2.24, 2.45) is 0 Å². The summed E-state index contributed by atoms with van der Waals surface area (Å²) in [7, 11) is 0.662. The summed E-state index contributed by atoms with van der Waals surface area (Å²) in [6.07, 6.45) is 0. The number of alkyl halides is 5. The van der Waals surface area contributed by atoms with Crippen molar-refractivity contribution < 1.29 is 22.7 Å². The lowest BCUT2D eigenvalue weighted by Crippen LogP contribution is -2.43. The number of halogens is 5. The van der Waals surface area contributed by atoms with Gasteiger partial charge in [-0.1, -0.05) is 23.2 Å². The van der Waals surface area contributed by atoms with Crippen molar-refractivity contribution in [2.45, 2.75) is 10.5 Å². The van der Waals surface area contributed by atoms with Gasteiger partial charge in [-0.2, -0.15) is 8.78 Å². The van der Waals surface area contributed by atoms with Gasteiger partial charge in [0.15, 0.2) is 0 Å². The third-order valence-corrected chi connectivity index (χ3v) is 1.27. The Hall–Kier alpha value is -0.160. The van der Waals surface area contributed by atoms with E-state index >= 15 is 0 Å². The number of ether oxygens (including phenoxy) is 1. The maximum Gasteiger partial charge on any atom is 0.403 e. The van der Waals surface area contributed by atoms with Crippen molar-refractivity contribution in [3.8, 4) is 0 Å². The van der Waals surface area contributed by atoms with Gasteiger partial charge < -0.3 is 4.74 Å². The molecule has 0 atom stereocenters. The number of carbonyl (C=O) groups excluding carboxylic acids is 1. The predicted octanol–water partition coefficient (Wildman–Crippen LogP) is 1.90. The van der Waals surface area contributed by atoms with E-state index in [9.17, 15) is 18.0 Å². The summed E-state index contributed by atoms with van der Waals surface area (Å²) in [4.78, 5) is 10.1. The Morgan fingerprint density at radius 3 is 1.82 bits per heavy atom. The molecule has 0 heterocycles. The predicted molar refractivity (Wildman–Crippen MR) is 32.5 cm³/mol. The zero-order valence-electron chi connectivity index (χ0n) is 5.21. The molecule has 0 aromatic carbocycles. The summed E-state index contributed by atoms with van der Waals surface area (Å²) in [5.74, 6) is -6.67. The first-order valence-corrected chi connectivity index (χ1v) is 3.02. The normalized spacial score (nSPS) is 12.9. The Morgan fingerprint density at radius 2 is 1.73 bits per heavy atom. The Labute approximate surface area is 70.2 Å². The first kappa shape index (κ1) is 10.8. The fourth-order valence-corrected chi connectivity index (χ4v) is 0.398. The van der Waals surface area contributed by atoms with Gasteiger partial charge in [0.2, 0.25) is 0 Å². The van der Waals surface area contributed by atoms with Crippen LogP contribution in [0.2, 0.25) is 0 Å². The molecule has 0 saturated heterocycles. The van der Waals surface area contributed by atoms with E-state index in [0.717, 1.165) is 0 Å². The van der Waals surface area contributed by atoms with Crippen LogP contribution in [0.1, 0.15) is 0 Å². The first-order chi connectivity index (χ1) is 4.73. The van der Waals surface area contributed by atoms with Gasteiger partial charge in [0.05, 0.1) is 7.11 Å². The van der Waals surface area contributed by atoms with Crippen LogP contribution in [0, 0.1) is 0 Å². The van der Waals surface area contributed by atoms with Crippen LogP contribution >= 0.6 is 23.2 Å². The quantitative estimate of drug-likeness (QED) is 0.514. The van der Waals surface area contributed by atoms with Crippen LogP contribution in [0.5, 0.6) is 0 Å². The minimum Gasteiger partial charge on any atom is -0.464 e. The number of rotatable bonds is 2. The van der Waals surface area contributed by atoms with Gasteiger partial charge in [-0.05, 0) is 0 Å². The lowest BCUT2D eigenvalue weighted by molar-refractivity contribution is -0.176. The lowest BCUT2D eigenvalue weighted by atomic mass is 10.4. The van der Waals surface area contributed by atoms with Gasteiger partial charge in [0.1, 0.15) is 0 Å². The number of hydrogen-bond acceptors (Lipinski definition) is 2. The zero-order valence-corrected chi connectivity index (χ0v) is 6.72. The van der Waals surface area contributed by atoms with Gasteiger partial charge in [-0.3, -0.25) is 0 Å². The molecule has 0 saturated carbocycles. The molecule has 66 valence electrons. The van der Waals surface area contributed by atoms with Crippen LogP contribution in [-0.2, 0) is 9.53 Å². The Kier molecular flexibility index (Phi) is 3.02. The van der Waals surface area contributed by atoms with Crippen LogP contribution in [-0.4, -0.2) is 23.6 Å². The maximum absolute atomic E-state index is 12.2. The van der Waals surface area contributed by atoms with E-state index in [1.54, 1.807) is 0 Å². The van der Waals surface area contributed by atoms with Crippen molar-refractivity contribution >= 4 is 29.2 Å². The van der Waals surface area contributed by atoms with Crippen molar-refractivity contribution in [3.63, 3.8) is 0 Å². The molecule has 0 rings (SSSR count). The largest absolute Gasteiger partial charge is 0.464 e. The van der Waals surface area contributed by atoms with Crippen LogP contribution in [0.3, 0.4) is 0 Å². The molecule has 0 N–H and O–H groups in total. The summed E-state index contributed by atoms with van der Waals surface area (Å²) in [6, 6.07) is 0. The molecule has 11 heavy (non-hydrogen) atoms. The molecule has 0 aliphatic rings. The van der Waals surface area contributed by atoms with Gasteiger partial charge >= 0.3 is 16.5 Å². The fourth-order valence-electron chi connectivity index (χ4n) is 0.244. The number of carbonyl (C=O) groups is 1. The van der Waals surface area contributed by atoms with Crippen molar-refractivity contribution in [2.75, 3.05) is 7.11 Å². The zero-order chi connectivity index (χ0) is 9.28. The molecule has 0 aromatic rings. The molecule has 7 heteroatoms. The monoisotopic (exact) mass is 210 g/mol. The van der Waals surface area contributed by atoms with E-state index in [2.05, 4.69) is 27.9 Å². The second kappa shape index (κ2) is 3.06. The molecule has 2 nitrogen and oxygen atoms in total. The summed E-state index contributed by atoms with van der Waals surface area (Å²) < 4.78 is 36.1. The molecule has 0 aromatic heterocycles. The molecule has 0 aliphatic heterocycles. The topological polar surface area (TPSA) is 26.3 Å². The molecule has 0 radical (unpaired) electrons. The van der Waals surface area contributed by atoms with E-state index in [1.807, 2.05) is 0 Å². The average molecular weight is 211 g/mol. The Bertz CT molecular complexity index is 165. The van der Waals surface area contributed by atoms with Crippen LogP contribution in [0.4, 0.5) is 13.2 Å². The number of hydrogen-bond donors (Lipinski definition) is 0. The van der Waals surface area contributed by atoms with Gasteiger partial charge in [-0.15, -0.1) is 0 Å². The highest BCUT2D eigenvalue weighted by Gasteiger charge is 2.60. The highest BCUT2D eigenvalue weighted by Crippen LogP contribution is 2.40. The molecule has 0 spiro atoms. The van der Waals surface area contributed by atoms with E-state index in [4.69, 9.17) is 0 Å². The van der Waals surface area contributed by atoms with Gasteiger partial charge in [0.25, 0.3) is 0 Å². The van der Waals surface area contributed by atoms with E-state index in [1.165, 1.54) is 0 Å². The standard InChI is InChI=1S/C4H3Cl2F3O2/c1-11-2(10)3(7,8)4(5,6)9/h1H3. The summed E-state index contributed by atoms with van der Waals surface area (Å²) in [5, 5.41) is 0. The second-order valence-electron chi connectivity index (χ2n) is 1.56. The Morgan fingerprint density at radius 1 is 1.36 bits per heavy atom. The van der Waals surface area contributed by atoms with Crippen LogP contribution < -0.4 is 0 Å². The van der Waals surface area contributed by atoms with Gasteiger partial charge in [-0.25, -0.2) is 9.18 Å². The Balaban J connectivity index is 4.59. The minimum absolute atomic E-state index is 0.662. The first-order valence-electron chi connectivity index (χ1n) is 2.26. The van der Waals surface area contributed by atoms with Crippen LogP contribution in [0.25, 0.3) is 0 Å². The van der Waals surface area contributed by atoms with Gasteiger partial charge in [0, 0.05) is 0 Å².